The summed E-state index contributed by atoms with van der Waals surface area (Å²) in [5, 5.41) is 126. The summed E-state index contributed by atoms with van der Waals surface area (Å²) in [6.07, 6.45) is -31.4. The Bertz CT molecular complexity index is 1010. The first-order valence-corrected chi connectivity index (χ1v) is 14.9. The molecule has 13 N–H and O–H groups in total. The van der Waals surface area contributed by atoms with Gasteiger partial charge in [-0.15, -0.1) is 0 Å². The zero-order chi connectivity index (χ0) is 34.9. The molecule has 20 atom stereocenters. The molecular weight excluding hydrogens is 646 g/mol. The Morgan fingerprint density at radius 3 is 1.81 bits per heavy atom. The van der Waals surface area contributed by atoms with E-state index in [0.29, 0.717) is 0 Å². The topological polar surface area (TPSA) is 336 Å². The fourth-order valence-corrected chi connectivity index (χ4v) is 5.78. The van der Waals surface area contributed by atoms with E-state index < -0.39 is 148 Å². The van der Waals surface area contributed by atoms with Crippen LogP contribution in [0.5, 0.6) is 0 Å². The van der Waals surface area contributed by atoms with Crippen molar-refractivity contribution in [1.29, 1.82) is 0 Å². The number of carbonyl (C=O) groups is 1. The number of hydrogen-bond acceptors (Lipinski definition) is 20. The quantitative estimate of drug-likeness (QED) is 0.101. The molecule has 21 nitrogen and oxygen atoms in total. The predicted molar refractivity (Wildman–Crippen MR) is 144 cm³/mol. The van der Waals surface area contributed by atoms with Crippen LogP contribution in [0.1, 0.15) is 13.8 Å². The number of carbonyl (C=O) groups excluding carboxylic acids is 1. The lowest BCUT2D eigenvalue weighted by Gasteiger charge is -2.48. The Balaban J connectivity index is 1.44. The molecule has 4 aliphatic heterocycles. The number of ether oxygens (including phenoxy) is 7. The van der Waals surface area contributed by atoms with Crippen LogP contribution in [0.4, 0.5) is 0 Å². The van der Waals surface area contributed by atoms with Crippen molar-refractivity contribution in [3.05, 3.63) is 0 Å². The summed E-state index contributed by atoms with van der Waals surface area (Å²) in [5.41, 5.74) is 0. The summed E-state index contributed by atoms with van der Waals surface area (Å²) in [5.74, 6) is -0.651. The minimum atomic E-state index is -1.89. The molecule has 0 aromatic carbocycles. The molecule has 47 heavy (non-hydrogen) atoms. The Labute approximate surface area is 267 Å². The van der Waals surface area contributed by atoms with Crippen LogP contribution >= 0.6 is 0 Å². The van der Waals surface area contributed by atoms with Crippen LogP contribution in [-0.4, -0.2) is 210 Å². The van der Waals surface area contributed by atoms with Crippen molar-refractivity contribution < 1.29 is 99.2 Å². The molecule has 4 rings (SSSR count). The molecular formula is C26H45NO20. The lowest BCUT2D eigenvalue weighted by molar-refractivity contribution is -0.374. The largest absolute Gasteiger partial charge is 0.394 e. The minimum absolute atomic E-state index is 0.620. The van der Waals surface area contributed by atoms with E-state index in [2.05, 4.69) is 5.32 Å². The van der Waals surface area contributed by atoms with Crippen molar-refractivity contribution in [2.75, 3.05) is 19.8 Å². The monoisotopic (exact) mass is 691 g/mol. The fraction of sp³-hybridized carbons (Fsp3) is 0.962. The Morgan fingerprint density at radius 2 is 1.19 bits per heavy atom. The fourth-order valence-electron chi connectivity index (χ4n) is 5.78. The molecule has 4 aliphatic rings. The molecule has 274 valence electrons. The number of nitrogens with one attached hydrogen (secondary N) is 1. The van der Waals surface area contributed by atoms with Gasteiger partial charge >= 0.3 is 0 Å². The summed E-state index contributed by atoms with van der Waals surface area (Å²) in [7, 11) is 0. The molecule has 1 amide bonds. The van der Waals surface area contributed by atoms with Gasteiger partial charge in [-0.25, -0.2) is 0 Å². The summed E-state index contributed by atoms with van der Waals surface area (Å²) in [4.78, 5) is 11.8. The second-order valence-electron chi connectivity index (χ2n) is 11.9. The maximum atomic E-state index is 11.8. The van der Waals surface area contributed by atoms with Crippen LogP contribution in [0.15, 0.2) is 0 Å². The van der Waals surface area contributed by atoms with Crippen LogP contribution in [0.2, 0.25) is 0 Å². The molecule has 0 aliphatic carbocycles. The third-order valence-electron chi connectivity index (χ3n) is 8.55. The van der Waals surface area contributed by atoms with Crippen LogP contribution in [-0.2, 0) is 38.0 Å². The van der Waals surface area contributed by atoms with Gasteiger partial charge in [0.15, 0.2) is 25.2 Å². The first kappa shape index (κ1) is 38.5. The van der Waals surface area contributed by atoms with Gasteiger partial charge in [-0.3, -0.25) is 4.79 Å². The molecule has 4 saturated heterocycles. The average molecular weight is 692 g/mol. The maximum absolute atomic E-state index is 11.8. The second kappa shape index (κ2) is 16.2. The highest BCUT2D eigenvalue weighted by atomic mass is 16.8. The summed E-state index contributed by atoms with van der Waals surface area (Å²) < 4.78 is 38.5. The van der Waals surface area contributed by atoms with Gasteiger partial charge in [-0.2, -0.15) is 0 Å². The lowest BCUT2D eigenvalue weighted by Crippen LogP contribution is -2.68. The van der Waals surface area contributed by atoms with Crippen LogP contribution in [0.25, 0.3) is 0 Å². The lowest BCUT2D eigenvalue weighted by atomic mass is 9.95. The average Bonchev–Trinajstić information content (AvgIpc) is 3.03. The molecule has 0 aromatic heterocycles. The standard InChI is InChI=1S/C26H45NO20/c1-6-12(31)22(47-24-11(27-7(2)30)15(34)13(32)8(3-28)44-24)20(39)26(42-6)46-21-9(4-29)45-25(19(38)17(21)36)41-5-10-14(33)16(35)18(37)23(40)43-10/h6,8-26,28-29,31-40H,3-5H2,1-2H3,(H,27,30)/t6-,8-,9-,10-,11-,12-,13+,14+,15-,16+,17-,18-,19-,20+,21-,22+,23?,24-,25-,26+/m1/s1. The molecule has 0 aromatic rings. The molecule has 4 fully saturated rings. The van der Waals surface area contributed by atoms with Crippen molar-refractivity contribution in [2.24, 2.45) is 0 Å². The molecule has 21 heteroatoms. The van der Waals surface area contributed by atoms with Crippen LogP contribution in [0.3, 0.4) is 0 Å². The molecule has 0 saturated carbocycles. The van der Waals surface area contributed by atoms with Gasteiger partial charge in [0.2, 0.25) is 5.91 Å². The number of hydrogen-bond donors (Lipinski definition) is 13. The van der Waals surface area contributed by atoms with Gasteiger partial charge < -0.3 is 99.8 Å². The van der Waals surface area contributed by atoms with Gasteiger partial charge in [-0.1, -0.05) is 0 Å². The zero-order valence-corrected chi connectivity index (χ0v) is 25.3. The van der Waals surface area contributed by atoms with Gasteiger partial charge in [-0.05, 0) is 6.92 Å². The normalized spacial score (nSPS) is 51.0. The van der Waals surface area contributed by atoms with Crippen molar-refractivity contribution in [3.8, 4) is 0 Å². The van der Waals surface area contributed by atoms with Crippen molar-refractivity contribution in [1.82, 2.24) is 5.32 Å². The van der Waals surface area contributed by atoms with E-state index >= 15 is 0 Å². The highest BCUT2D eigenvalue weighted by Gasteiger charge is 2.54. The highest BCUT2D eigenvalue weighted by Crippen LogP contribution is 2.33. The van der Waals surface area contributed by atoms with Crippen molar-refractivity contribution in [3.63, 3.8) is 0 Å². The number of aliphatic hydroxyl groups is 12. The van der Waals surface area contributed by atoms with Crippen LogP contribution in [0, 0.1) is 0 Å². The third kappa shape index (κ3) is 8.20. The number of amides is 1. The Kier molecular flexibility index (Phi) is 13.2. The highest BCUT2D eigenvalue weighted by molar-refractivity contribution is 5.73. The zero-order valence-electron chi connectivity index (χ0n) is 25.3. The van der Waals surface area contributed by atoms with Gasteiger partial charge in [0.25, 0.3) is 0 Å². The minimum Gasteiger partial charge on any atom is -0.394 e. The molecule has 0 bridgehead atoms. The van der Waals surface area contributed by atoms with Crippen molar-refractivity contribution in [2.45, 2.75) is 137 Å². The van der Waals surface area contributed by atoms with E-state index in [9.17, 15) is 66.1 Å². The smallest absolute Gasteiger partial charge is 0.217 e. The van der Waals surface area contributed by atoms with Crippen LogP contribution < -0.4 is 5.32 Å². The Morgan fingerprint density at radius 1 is 0.596 bits per heavy atom. The molecule has 0 spiro atoms. The maximum Gasteiger partial charge on any atom is 0.217 e. The van der Waals surface area contributed by atoms with Crippen molar-refractivity contribution >= 4 is 5.91 Å². The molecule has 4 heterocycles. The summed E-state index contributed by atoms with van der Waals surface area (Å²) in [6, 6.07) is -1.42. The Hall–Kier alpha value is -1.29. The summed E-state index contributed by atoms with van der Waals surface area (Å²) in [6.45, 7) is 0.270. The van der Waals surface area contributed by atoms with E-state index in [4.69, 9.17) is 33.2 Å². The predicted octanol–water partition coefficient (Wildman–Crippen LogP) is -8.58. The first-order valence-electron chi connectivity index (χ1n) is 14.9. The SMILES string of the molecule is CC(=O)N[C@H]1[C@@H](O[C@@H]2[C@H](O)[C@H](O[C@H]3[C@H](O)[C@@H](O)[C@H](OC[C@H]4OC(O)[C@H](O)[C@@H](O)[C@H]4O)O[C@@H]3CO)O[C@H](C)[C@H]2O)O[C@H](CO)[C@H](O)[C@@H]1O. The van der Waals surface area contributed by atoms with E-state index in [-0.39, 0.29) is 0 Å². The number of aliphatic hydroxyl groups excluding tert-OH is 12. The first-order chi connectivity index (χ1) is 22.1. The van der Waals surface area contributed by atoms with Gasteiger partial charge in [0.1, 0.15) is 91.5 Å². The van der Waals surface area contributed by atoms with E-state index in [1.807, 2.05) is 0 Å². The molecule has 0 radical (unpaired) electrons. The number of rotatable bonds is 10. The molecule has 1 unspecified atom stereocenters. The van der Waals surface area contributed by atoms with E-state index in [1.165, 1.54) is 6.92 Å². The van der Waals surface area contributed by atoms with Gasteiger partial charge in [0.05, 0.1) is 25.9 Å². The van der Waals surface area contributed by atoms with E-state index in [1.54, 1.807) is 0 Å². The second-order valence-corrected chi connectivity index (χ2v) is 11.9. The third-order valence-corrected chi connectivity index (χ3v) is 8.55. The van der Waals surface area contributed by atoms with E-state index in [0.717, 1.165) is 6.92 Å². The van der Waals surface area contributed by atoms with Gasteiger partial charge in [0, 0.05) is 6.92 Å². The summed E-state index contributed by atoms with van der Waals surface area (Å²) >= 11 is 0.